The van der Waals surface area contributed by atoms with Crippen LogP contribution < -0.4 is 5.32 Å². The van der Waals surface area contributed by atoms with E-state index >= 15 is 0 Å². The lowest BCUT2D eigenvalue weighted by atomic mass is 10.3. The Morgan fingerprint density at radius 2 is 1.74 bits per heavy atom. The van der Waals surface area contributed by atoms with Gasteiger partial charge in [-0.25, -0.2) is 18.7 Å². The van der Waals surface area contributed by atoms with Crippen molar-refractivity contribution in [2.24, 2.45) is 0 Å². The number of fused-ring (bicyclic) bond motifs is 1. The molecule has 0 unspecified atom stereocenters. The Morgan fingerprint density at radius 3 is 2.30 bits per heavy atom. The van der Waals surface area contributed by atoms with E-state index in [1.165, 1.54) is 35.2 Å². The second kappa shape index (κ2) is 6.58. The van der Waals surface area contributed by atoms with Crippen LogP contribution in [0, 0.1) is 25.5 Å². The Bertz CT molecular complexity index is 807. The molecule has 1 saturated carbocycles. The molecule has 120 valence electrons. The maximum Gasteiger partial charge on any atom is 0.158 e. The number of hydrogen-bond acceptors (Lipinski definition) is 4. The molecule has 0 amide bonds. The summed E-state index contributed by atoms with van der Waals surface area (Å²) in [6.07, 6.45) is 2.54. The van der Waals surface area contributed by atoms with E-state index in [0.29, 0.717) is 6.04 Å². The van der Waals surface area contributed by atoms with E-state index in [1.807, 2.05) is 6.92 Å². The van der Waals surface area contributed by atoms with Crippen molar-refractivity contribution in [3.8, 4) is 0 Å². The summed E-state index contributed by atoms with van der Waals surface area (Å²) in [5.74, 6) is 0.275. The van der Waals surface area contributed by atoms with Gasteiger partial charge >= 0.3 is 0 Å². The Hall–Kier alpha value is -2.08. The normalized spacial score (nSPS) is 13.6. The van der Waals surface area contributed by atoms with Gasteiger partial charge in [0.05, 0.1) is 5.39 Å². The lowest BCUT2D eigenvalue weighted by molar-refractivity contribution is 0.508. The molecule has 1 fully saturated rings. The van der Waals surface area contributed by atoms with Crippen molar-refractivity contribution < 1.29 is 8.78 Å². The predicted molar refractivity (Wildman–Crippen MR) is 89.9 cm³/mol. The number of aromatic nitrogens is 2. The second-order valence-electron chi connectivity index (χ2n) is 5.53. The number of halogens is 2. The molecule has 1 aliphatic rings. The molecular weight excluding hydrogens is 316 g/mol. The molecule has 23 heavy (non-hydrogen) atoms. The standard InChI is InChI=1S/C11H13N3S.C6H4F2/c1-6-5-9-10(14-8-3-4-8)12-7(2)13-11(9)15-6;7-5-3-1-2-4-6(5)8/h5,8H,3-4H2,1-2H3,(H,12,13,14);1-4H. The van der Waals surface area contributed by atoms with Crippen molar-refractivity contribution in [1.29, 1.82) is 0 Å². The maximum absolute atomic E-state index is 11.9. The van der Waals surface area contributed by atoms with Crippen LogP contribution >= 0.6 is 11.3 Å². The maximum atomic E-state index is 11.9. The zero-order chi connectivity index (χ0) is 16.4. The Labute approximate surface area is 137 Å². The van der Waals surface area contributed by atoms with Crippen molar-refractivity contribution in [1.82, 2.24) is 9.97 Å². The summed E-state index contributed by atoms with van der Waals surface area (Å²) in [5, 5.41) is 4.64. The van der Waals surface area contributed by atoms with Crippen molar-refractivity contribution in [2.75, 3.05) is 5.32 Å². The summed E-state index contributed by atoms with van der Waals surface area (Å²) in [7, 11) is 0. The zero-order valence-electron chi connectivity index (χ0n) is 12.9. The van der Waals surface area contributed by atoms with E-state index in [0.717, 1.165) is 28.6 Å². The van der Waals surface area contributed by atoms with Gasteiger partial charge in [0, 0.05) is 10.9 Å². The summed E-state index contributed by atoms with van der Waals surface area (Å²) in [6.45, 7) is 4.06. The first-order chi connectivity index (χ1) is 11.0. The minimum Gasteiger partial charge on any atom is -0.367 e. The zero-order valence-corrected chi connectivity index (χ0v) is 13.8. The smallest absolute Gasteiger partial charge is 0.158 e. The first-order valence-electron chi connectivity index (χ1n) is 7.44. The van der Waals surface area contributed by atoms with Crippen molar-refractivity contribution >= 4 is 27.4 Å². The first-order valence-corrected chi connectivity index (χ1v) is 8.26. The number of thiophene rings is 1. The summed E-state index contributed by atoms with van der Waals surface area (Å²) >= 11 is 1.74. The molecule has 2 heterocycles. The molecule has 1 aromatic carbocycles. The molecule has 0 atom stereocenters. The van der Waals surface area contributed by atoms with Gasteiger partial charge in [-0.1, -0.05) is 12.1 Å². The lowest BCUT2D eigenvalue weighted by Crippen LogP contribution is -2.04. The van der Waals surface area contributed by atoms with Crippen LogP contribution in [-0.2, 0) is 0 Å². The average Bonchev–Trinajstić information content (AvgIpc) is 3.23. The van der Waals surface area contributed by atoms with E-state index < -0.39 is 11.6 Å². The quantitative estimate of drug-likeness (QED) is 0.729. The molecule has 3 nitrogen and oxygen atoms in total. The predicted octanol–water partition coefficient (Wildman–Crippen LogP) is 4.85. The highest BCUT2D eigenvalue weighted by atomic mass is 32.1. The number of benzene rings is 1. The van der Waals surface area contributed by atoms with E-state index in [9.17, 15) is 8.78 Å². The molecule has 0 spiro atoms. The summed E-state index contributed by atoms with van der Waals surface area (Å²) in [4.78, 5) is 11.3. The van der Waals surface area contributed by atoms with Gasteiger partial charge in [-0.05, 0) is 44.9 Å². The van der Waals surface area contributed by atoms with Gasteiger partial charge in [0.15, 0.2) is 11.6 Å². The van der Waals surface area contributed by atoms with Crippen LogP contribution in [0.1, 0.15) is 23.5 Å². The van der Waals surface area contributed by atoms with E-state index in [2.05, 4.69) is 28.3 Å². The minimum absolute atomic E-state index is 0.641. The largest absolute Gasteiger partial charge is 0.367 e. The highest BCUT2D eigenvalue weighted by molar-refractivity contribution is 7.18. The second-order valence-corrected chi connectivity index (χ2v) is 6.76. The lowest BCUT2D eigenvalue weighted by Gasteiger charge is -2.05. The SMILES string of the molecule is Cc1nc(NC2CC2)c2cc(C)sc2n1.Fc1ccccc1F. The van der Waals surface area contributed by atoms with Gasteiger partial charge in [-0.3, -0.25) is 0 Å². The molecule has 1 aliphatic carbocycles. The Kier molecular flexibility index (Phi) is 4.52. The molecule has 6 heteroatoms. The van der Waals surface area contributed by atoms with Crippen LogP contribution in [0.5, 0.6) is 0 Å². The number of aryl methyl sites for hydroxylation is 2. The summed E-state index contributed by atoms with van der Waals surface area (Å²) < 4.78 is 23.9. The first kappa shape index (κ1) is 15.8. The molecule has 0 saturated heterocycles. The topological polar surface area (TPSA) is 37.8 Å². The minimum atomic E-state index is -0.799. The fraction of sp³-hybridized carbons (Fsp3) is 0.294. The highest BCUT2D eigenvalue weighted by Crippen LogP contribution is 2.31. The van der Waals surface area contributed by atoms with Crippen molar-refractivity contribution in [3.05, 3.63) is 52.7 Å². The molecule has 0 bridgehead atoms. The van der Waals surface area contributed by atoms with Gasteiger partial charge in [-0.2, -0.15) is 0 Å². The molecule has 0 radical (unpaired) electrons. The van der Waals surface area contributed by atoms with Crippen LogP contribution in [0.25, 0.3) is 10.2 Å². The molecule has 4 rings (SSSR count). The highest BCUT2D eigenvalue weighted by Gasteiger charge is 2.22. The molecular formula is C17H17F2N3S. The van der Waals surface area contributed by atoms with E-state index in [-0.39, 0.29) is 0 Å². The summed E-state index contributed by atoms with van der Waals surface area (Å²) in [5.41, 5.74) is 0. The van der Waals surface area contributed by atoms with Crippen LogP contribution in [0.2, 0.25) is 0 Å². The van der Waals surface area contributed by atoms with Crippen LogP contribution in [0.3, 0.4) is 0 Å². The molecule has 1 N–H and O–H groups in total. The van der Waals surface area contributed by atoms with Crippen LogP contribution in [-0.4, -0.2) is 16.0 Å². The molecule has 0 aliphatic heterocycles. The van der Waals surface area contributed by atoms with Crippen LogP contribution in [0.4, 0.5) is 14.6 Å². The van der Waals surface area contributed by atoms with Gasteiger partial charge in [0.2, 0.25) is 0 Å². The van der Waals surface area contributed by atoms with E-state index in [4.69, 9.17) is 0 Å². The monoisotopic (exact) mass is 333 g/mol. The third kappa shape index (κ3) is 4.01. The Balaban J connectivity index is 0.000000166. The van der Waals surface area contributed by atoms with Gasteiger partial charge in [0.1, 0.15) is 16.5 Å². The fourth-order valence-corrected chi connectivity index (χ4v) is 3.04. The summed E-state index contributed by atoms with van der Waals surface area (Å²) in [6, 6.07) is 7.86. The Morgan fingerprint density at radius 1 is 1.09 bits per heavy atom. The average molecular weight is 333 g/mol. The number of anilines is 1. The van der Waals surface area contributed by atoms with Gasteiger partial charge < -0.3 is 5.32 Å². The van der Waals surface area contributed by atoms with Crippen LogP contribution in [0.15, 0.2) is 30.3 Å². The molecule has 2 aromatic heterocycles. The fourth-order valence-electron chi connectivity index (χ4n) is 2.12. The van der Waals surface area contributed by atoms with Crippen molar-refractivity contribution in [2.45, 2.75) is 32.7 Å². The molecule has 3 aromatic rings. The number of rotatable bonds is 2. The van der Waals surface area contributed by atoms with Gasteiger partial charge in [0.25, 0.3) is 0 Å². The number of hydrogen-bond donors (Lipinski definition) is 1. The van der Waals surface area contributed by atoms with E-state index in [1.54, 1.807) is 11.3 Å². The third-order valence-corrected chi connectivity index (χ3v) is 4.31. The van der Waals surface area contributed by atoms with Crippen molar-refractivity contribution in [3.63, 3.8) is 0 Å². The van der Waals surface area contributed by atoms with Gasteiger partial charge in [-0.15, -0.1) is 11.3 Å². The number of nitrogens with zero attached hydrogens (tertiary/aromatic N) is 2. The third-order valence-electron chi connectivity index (χ3n) is 3.37. The number of nitrogens with one attached hydrogen (secondary N) is 1.